The molecule has 1 heterocycles. The number of hydrogen-bond donors (Lipinski definition) is 1. The molecule has 0 saturated heterocycles. The highest BCUT2D eigenvalue weighted by Gasteiger charge is 2.19. The van der Waals surface area contributed by atoms with Gasteiger partial charge >= 0.3 is 0 Å². The molecule has 1 amide bonds. The molecule has 25 heavy (non-hydrogen) atoms. The second kappa shape index (κ2) is 8.65. The molecule has 1 aromatic heterocycles. The van der Waals surface area contributed by atoms with Gasteiger partial charge in [-0.3, -0.25) is 9.78 Å². The quantitative estimate of drug-likeness (QED) is 0.710. The number of pyridine rings is 1. The van der Waals surface area contributed by atoms with Crippen molar-refractivity contribution in [2.75, 3.05) is 11.9 Å². The van der Waals surface area contributed by atoms with Crippen molar-refractivity contribution in [2.45, 2.75) is 53.9 Å². The normalized spacial score (nSPS) is 10.6. The topological polar surface area (TPSA) is 51.2 Å². The summed E-state index contributed by atoms with van der Waals surface area (Å²) in [6.07, 6.45) is 3.24. The van der Waals surface area contributed by atoms with Crippen molar-refractivity contribution in [3.8, 4) is 5.75 Å². The van der Waals surface area contributed by atoms with Crippen molar-refractivity contribution in [3.63, 3.8) is 0 Å². The first-order valence-electron chi connectivity index (χ1n) is 8.92. The Hall–Kier alpha value is -2.36. The molecule has 1 aromatic carbocycles. The second-order valence-electron chi connectivity index (χ2n) is 6.50. The van der Waals surface area contributed by atoms with E-state index in [2.05, 4.69) is 17.2 Å². The van der Waals surface area contributed by atoms with Crippen LogP contribution in [0.1, 0.15) is 59.1 Å². The minimum Gasteiger partial charge on any atom is -0.493 e. The summed E-state index contributed by atoms with van der Waals surface area (Å²) in [5.41, 5.74) is 4.99. The van der Waals surface area contributed by atoms with Gasteiger partial charge in [0.25, 0.3) is 5.91 Å². The summed E-state index contributed by atoms with van der Waals surface area (Å²) in [7, 11) is 0. The number of amides is 1. The minimum atomic E-state index is -0.173. The van der Waals surface area contributed by atoms with E-state index in [1.807, 2.05) is 52.0 Å². The molecule has 0 aliphatic carbocycles. The number of anilines is 1. The average molecular weight is 340 g/mol. The Kier molecular flexibility index (Phi) is 6.57. The van der Waals surface area contributed by atoms with Gasteiger partial charge in [0.2, 0.25) is 0 Å². The summed E-state index contributed by atoms with van der Waals surface area (Å²) in [6.45, 7) is 10.5. The molecular weight excluding hydrogens is 312 g/mol. The molecular formula is C21H28N2O2. The van der Waals surface area contributed by atoms with Gasteiger partial charge in [0.1, 0.15) is 11.3 Å². The van der Waals surface area contributed by atoms with E-state index in [1.165, 1.54) is 0 Å². The van der Waals surface area contributed by atoms with Gasteiger partial charge in [-0.15, -0.1) is 0 Å². The van der Waals surface area contributed by atoms with Gasteiger partial charge in [-0.05, 0) is 45.2 Å². The van der Waals surface area contributed by atoms with Crippen molar-refractivity contribution in [2.24, 2.45) is 0 Å². The summed E-state index contributed by atoms with van der Waals surface area (Å²) in [6, 6.07) is 7.82. The van der Waals surface area contributed by atoms with Gasteiger partial charge in [0, 0.05) is 17.4 Å². The lowest BCUT2D eigenvalue weighted by Crippen LogP contribution is -2.18. The first-order chi connectivity index (χ1) is 11.9. The fourth-order valence-electron chi connectivity index (χ4n) is 2.90. The van der Waals surface area contributed by atoms with Crippen LogP contribution in [0.4, 0.5) is 5.69 Å². The van der Waals surface area contributed by atoms with E-state index < -0.39 is 0 Å². The van der Waals surface area contributed by atoms with Crippen LogP contribution in [0.25, 0.3) is 0 Å². The lowest BCUT2D eigenvalue weighted by molar-refractivity contribution is 0.102. The van der Waals surface area contributed by atoms with Gasteiger partial charge in [0.15, 0.2) is 0 Å². The van der Waals surface area contributed by atoms with E-state index in [4.69, 9.17) is 4.74 Å². The maximum absolute atomic E-state index is 12.9. The van der Waals surface area contributed by atoms with Crippen LogP contribution < -0.4 is 10.1 Å². The van der Waals surface area contributed by atoms with Crippen LogP contribution in [0, 0.1) is 27.7 Å². The monoisotopic (exact) mass is 340 g/mol. The number of nitrogens with zero attached hydrogens (tertiary/aromatic N) is 1. The highest BCUT2D eigenvalue weighted by atomic mass is 16.5. The number of carbonyl (C=O) groups is 1. The molecule has 4 nitrogen and oxygen atoms in total. The van der Waals surface area contributed by atoms with Crippen LogP contribution in [0.5, 0.6) is 5.75 Å². The number of carbonyl (C=O) groups excluding carboxylic acids is 1. The third-order valence-corrected chi connectivity index (χ3v) is 4.24. The zero-order chi connectivity index (χ0) is 18.4. The number of rotatable bonds is 7. The first-order valence-corrected chi connectivity index (χ1v) is 8.92. The highest BCUT2D eigenvalue weighted by Crippen LogP contribution is 2.26. The molecule has 134 valence electrons. The van der Waals surface area contributed by atoms with E-state index in [-0.39, 0.29) is 5.91 Å². The summed E-state index contributed by atoms with van der Waals surface area (Å²) < 4.78 is 5.92. The van der Waals surface area contributed by atoms with Crippen LogP contribution in [0.15, 0.2) is 24.3 Å². The standard InChI is InChI=1S/C21H28N2O2/c1-6-7-8-12-25-18-13-16(4)22-17(5)19(18)21(24)23-20-14(2)10-9-11-15(20)3/h9-11,13H,6-8,12H2,1-5H3,(H,23,24). The number of ether oxygens (including phenoxy) is 1. The smallest absolute Gasteiger partial charge is 0.261 e. The Labute approximate surface area is 150 Å². The van der Waals surface area contributed by atoms with Crippen molar-refractivity contribution in [1.82, 2.24) is 4.98 Å². The van der Waals surface area contributed by atoms with Gasteiger partial charge in [-0.25, -0.2) is 0 Å². The Morgan fingerprint density at radius 3 is 2.44 bits per heavy atom. The van der Waals surface area contributed by atoms with Crippen molar-refractivity contribution < 1.29 is 9.53 Å². The predicted molar refractivity (Wildman–Crippen MR) is 103 cm³/mol. The van der Waals surface area contributed by atoms with Crippen molar-refractivity contribution in [1.29, 1.82) is 0 Å². The maximum Gasteiger partial charge on any atom is 0.261 e. The van der Waals surface area contributed by atoms with Gasteiger partial charge in [-0.1, -0.05) is 38.0 Å². The zero-order valence-electron chi connectivity index (χ0n) is 15.9. The Balaban J connectivity index is 2.28. The number of para-hydroxylation sites is 1. The maximum atomic E-state index is 12.9. The minimum absolute atomic E-state index is 0.173. The van der Waals surface area contributed by atoms with E-state index >= 15 is 0 Å². The van der Waals surface area contributed by atoms with Crippen LogP contribution in [0.3, 0.4) is 0 Å². The summed E-state index contributed by atoms with van der Waals surface area (Å²) in [5, 5.41) is 3.04. The number of unbranched alkanes of at least 4 members (excludes halogenated alkanes) is 2. The Morgan fingerprint density at radius 2 is 1.80 bits per heavy atom. The van der Waals surface area contributed by atoms with E-state index in [0.717, 1.165) is 41.8 Å². The van der Waals surface area contributed by atoms with Crippen LogP contribution in [-0.4, -0.2) is 17.5 Å². The molecule has 1 N–H and O–H groups in total. The fraction of sp³-hybridized carbons (Fsp3) is 0.429. The fourth-order valence-corrected chi connectivity index (χ4v) is 2.90. The van der Waals surface area contributed by atoms with Crippen LogP contribution in [-0.2, 0) is 0 Å². The highest BCUT2D eigenvalue weighted by molar-refractivity contribution is 6.07. The SMILES string of the molecule is CCCCCOc1cc(C)nc(C)c1C(=O)Nc1c(C)cccc1C. The van der Waals surface area contributed by atoms with E-state index in [1.54, 1.807) is 0 Å². The lowest BCUT2D eigenvalue weighted by Gasteiger charge is -2.16. The lowest BCUT2D eigenvalue weighted by atomic mass is 10.1. The van der Waals surface area contributed by atoms with Crippen LogP contribution in [0.2, 0.25) is 0 Å². The van der Waals surface area contributed by atoms with Gasteiger partial charge < -0.3 is 10.1 Å². The molecule has 2 rings (SSSR count). The summed E-state index contributed by atoms with van der Waals surface area (Å²) >= 11 is 0. The number of aromatic nitrogens is 1. The summed E-state index contributed by atoms with van der Waals surface area (Å²) in [5.74, 6) is 0.442. The zero-order valence-corrected chi connectivity index (χ0v) is 15.9. The first kappa shape index (κ1) is 19.0. The van der Waals surface area contributed by atoms with Crippen molar-refractivity contribution >= 4 is 11.6 Å². The third kappa shape index (κ3) is 4.81. The van der Waals surface area contributed by atoms with Gasteiger partial charge in [0.05, 0.1) is 12.3 Å². The molecule has 0 atom stereocenters. The third-order valence-electron chi connectivity index (χ3n) is 4.24. The predicted octanol–water partition coefficient (Wildman–Crippen LogP) is 5.14. The van der Waals surface area contributed by atoms with E-state index in [9.17, 15) is 4.79 Å². The second-order valence-corrected chi connectivity index (χ2v) is 6.50. The number of nitrogens with one attached hydrogen (secondary N) is 1. The van der Waals surface area contributed by atoms with E-state index in [0.29, 0.717) is 23.6 Å². The molecule has 0 saturated carbocycles. The number of hydrogen-bond acceptors (Lipinski definition) is 3. The number of benzene rings is 1. The molecule has 0 spiro atoms. The van der Waals surface area contributed by atoms with Gasteiger partial charge in [-0.2, -0.15) is 0 Å². The summed E-state index contributed by atoms with van der Waals surface area (Å²) in [4.78, 5) is 17.4. The average Bonchev–Trinajstić information content (AvgIpc) is 2.54. The Morgan fingerprint density at radius 1 is 1.12 bits per heavy atom. The number of aryl methyl sites for hydroxylation is 4. The molecule has 0 aliphatic rings. The largest absolute Gasteiger partial charge is 0.493 e. The van der Waals surface area contributed by atoms with Crippen molar-refractivity contribution in [3.05, 3.63) is 52.3 Å². The molecule has 0 bridgehead atoms. The molecule has 4 heteroatoms. The molecule has 0 radical (unpaired) electrons. The molecule has 0 unspecified atom stereocenters. The molecule has 0 aliphatic heterocycles. The molecule has 2 aromatic rings. The Bertz CT molecular complexity index is 734. The van der Waals surface area contributed by atoms with Crippen LogP contribution >= 0.6 is 0 Å². The molecule has 0 fully saturated rings.